The molecule has 0 amide bonds. The quantitative estimate of drug-likeness (QED) is 0.722. The summed E-state index contributed by atoms with van der Waals surface area (Å²) < 4.78 is 38.7. The topological polar surface area (TPSA) is 24.8 Å². The van der Waals surface area contributed by atoms with Crippen LogP contribution in [0.15, 0.2) is 29.4 Å². The number of oxime groups is 1. The average molecular weight is 405 g/mol. The van der Waals surface area contributed by atoms with Crippen LogP contribution in [0.25, 0.3) is 0 Å². The van der Waals surface area contributed by atoms with Gasteiger partial charge in [-0.1, -0.05) is 17.3 Å². The molecule has 0 saturated carbocycles. The summed E-state index contributed by atoms with van der Waals surface area (Å²) in [6.45, 7) is 4.62. The van der Waals surface area contributed by atoms with Crippen molar-refractivity contribution in [1.82, 2.24) is 4.90 Å². The number of hydrogen-bond acceptors (Lipinski definition) is 3. The Morgan fingerprint density at radius 1 is 1.25 bits per heavy atom. The lowest BCUT2D eigenvalue weighted by Gasteiger charge is -2.38. The Hall–Kier alpha value is -1.08. The minimum absolute atomic E-state index is 0.237. The highest BCUT2D eigenvalue weighted by Crippen LogP contribution is 2.38. The van der Waals surface area contributed by atoms with Crippen molar-refractivity contribution in [2.75, 3.05) is 13.1 Å². The largest absolute Gasteiger partial charge is 0.416 e. The van der Waals surface area contributed by atoms with Gasteiger partial charge in [0.15, 0.2) is 0 Å². The van der Waals surface area contributed by atoms with Gasteiger partial charge in [-0.3, -0.25) is 4.90 Å². The number of hydrogen-bond donors (Lipinski definition) is 0. The zero-order valence-electron chi connectivity index (χ0n) is 13.4. The Labute approximate surface area is 148 Å². The molecule has 2 aliphatic rings. The third kappa shape index (κ3) is 3.94. The molecule has 0 spiro atoms. The number of alkyl halides is 3. The minimum Gasteiger partial charge on any atom is -0.388 e. The maximum atomic E-state index is 12.6. The van der Waals surface area contributed by atoms with Crippen molar-refractivity contribution in [3.8, 4) is 0 Å². The summed E-state index contributed by atoms with van der Waals surface area (Å²) in [7, 11) is 0. The predicted octanol–water partition coefficient (Wildman–Crippen LogP) is 4.80. The Bertz CT molecular complexity index is 609. The van der Waals surface area contributed by atoms with Gasteiger partial charge in [-0.2, -0.15) is 13.2 Å². The number of nitrogens with zero attached hydrogens (tertiary/aromatic N) is 2. The second-order valence-electron chi connectivity index (χ2n) is 6.79. The number of halogens is 4. The second kappa shape index (κ2) is 6.67. The van der Waals surface area contributed by atoms with Crippen LogP contribution in [-0.2, 0) is 17.6 Å². The van der Waals surface area contributed by atoms with E-state index in [0.717, 1.165) is 54.7 Å². The molecule has 132 valence electrons. The van der Waals surface area contributed by atoms with Crippen LogP contribution in [0.3, 0.4) is 0 Å². The molecule has 24 heavy (non-hydrogen) atoms. The standard InChI is InChI=1S/C17H20BrF3N2O/c1-16(10-15(18)22-24-16)13-6-8-23(9-7-13)11-12-2-4-14(5-3-12)17(19,20)21/h2-5,13H,6-11H2,1H3. The fraction of sp³-hybridized carbons (Fsp3) is 0.588. The summed E-state index contributed by atoms with van der Waals surface area (Å²) in [4.78, 5) is 7.89. The van der Waals surface area contributed by atoms with Crippen LogP contribution in [0.1, 0.15) is 37.3 Å². The van der Waals surface area contributed by atoms with Crippen LogP contribution in [0, 0.1) is 5.92 Å². The summed E-state index contributed by atoms with van der Waals surface area (Å²) in [5, 5.41) is 4.01. The number of benzene rings is 1. The molecule has 2 heterocycles. The Kier molecular flexibility index (Phi) is 4.93. The number of rotatable bonds is 3. The highest BCUT2D eigenvalue weighted by atomic mass is 79.9. The predicted molar refractivity (Wildman–Crippen MR) is 89.9 cm³/mol. The Morgan fingerprint density at radius 3 is 2.38 bits per heavy atom. The number of likely N-dealkylation sites (tertiary alicyclic amines) is 1. The van der Waals surface area contributed by atoms with E-state index < -0.39 is 11.7 Å². The Morgan fingerprint density at radius 2 is 1.88 bits per heavy atom. The molecule has 0 N–H and O–H groups in total. The smallest absolute Gasteiger partial charge is 0.388 e. The molecule has 7 heteroatoms. The normalized spacial score (nSPS) is 26.3. The molecule has 1 fully saturated rings. The van der Waals surface area contributed by atoms with Crippen LogP contribution < -0.4 is 0 Å². The van der Waals surface area contributed by atoms with Crippen molar-refractivity contribution in [2.24, 2.45) is 11.1 Å². The highest BCUT2D eigenvalue weighted by Gasteiger charge is 2.42. The van der Waals surface area contributed by atoms with Crippen molar-refractivity contribution < 1.29 is 18.0 Å². The van der Waals surface area contributed by atoms with Crippen LogP contribution in [-0.4, -0.2) is 28.2 Å². The van der Waals surface area contributed by atoms with E-state index in [1.54, 1.807) is 12.1 Å². The van der Waals surface area contributed by atoms with E-state index in [-0.39, 0.29) is 5.60 Å². The van der Waals surface area contributed by atoms with Gasteiger partial charge >= 0.3 is 6.18 Å². The van der Waals surface area contributed by atoms with Gasteiger partial charge in [0.05, 0.1) is 5.56 Å². The zero-order valence-corrected chi connectivity index (χ0v) is 15.0. The first-order chi connectivity index (χ1) is 11.3. The fourth-order valence-corrected chi connectivity index (χ4v) is 4.12. The molecule has 1 unspecified atom stereocenters. The first-order valence-corrected chi connectivity index (χ1v) is 8.85. The van der Waals surface area contributed by atoms with Gasteiger partial charge in [-0.15, -0.1) is 0 Å². The molecule has 0 aliphatic carbocycles. The third-order valence-corrected chi connectivity index (χ3v) is 5.41. The van der Waals surface area contributed by atoms with E-state index in [1.165, 1.54) is 0 Å². The van der Waals surface area contributed by atoms with E-state index in [2.05, 4.69) is 32.9 Å². The minimum atomic E-state index is -4.27. The highest BCUT2D eigenvalue weighted by molar-refractivity contribution is 9.18. The molecule has 2 aliphatic heterocycles. The molecule has 3 nitrogen and oxygen atoms in total. The molecule has 1 aromatic carbocycles. The first-order valence-electron chi connectivity index (χ1n) is 8.05. The van der Waals surface area contributed by atoms with Gasteiger partial charge in [0.2, 0.25) is 0 Å². The molecule has 3 rings (SSSR count). The van der Waals surface area contributed by atoms with E-state index in [1.807, 2.05) is 0 Å². The van der Waals surface area contributed by atoms with Crippen molar-refractivity contribution in [3.63, 3.8) is 0 Å². The lowest BCUT2D eigenvalue weighted by atomic mass is 9.80. The first kappa shape index (κ1) is 17.7. The summed E-state index contributed by atoms with van der Waals surface area (Å²) >= 11 is 3.39. The fourth-order valence-electron chi connectivity index (χ4n) is 3.49. The van der Waals surface area contributed by atoms with E-state index in [0.29, 0.717) is 12.5 Å². The maximum absolute atomic E-state index is 12.6. The van der Waals surface area contributed by atoms with Crippen LogP contribution in [0.2, 0.25) is 0 Å². The van der Waals surface area contributed by atoms with E-state index >= 15 is 0 Å². The lowest BCUT2D eigenvalue weighted by molar-refractivity contribution is -0.137. The summed E-state index contributed by atoms with van der Waals surface area (Å²) in [6.07, 6.45) is -1.46. The van der Waals surface area contributed by atoms with Crippen LogP contribution >= 0.6 is 15.9 Å². The molecule has 0 radical (unpaired) electrons. The zero-order chi connectivity index (χ0) is 17.4. The molecule has 1 aromatic rings. The van der Waals surface area contributed by atoms with Gasteiger partial charge in [-0.05, 0) is 66.5 Å². The van der Waals surface area contributed by atoms with Gasteiger partial charge in [-0.25, -0.2) is 0 Å². The molecule has 0 aromatic heterocycles. The van der Waals surface area contributed by atoms with Crippen molar-refractivity contribution in [2.45, 2.75) is 44.5 Å². The summed E-state index contributed by atoms with van der Waals surface area (Å²) in [5.74, 6) is 0.445. The van der Waals surface area contributed by atoms with Crippen molar-refractivity contribution >= 4 is 20.6 Å². The second-order valence-corrected chi connectivity index (χ2v) is 7.71. The summed E-state index contributed by atoms with van der Waals surface area (Å²) in [5.41, 5.74) is 0.0805. The monoisotopic (exact) mass is 404 g/mol. The molecule has 1 atom stereocenters. The van der Waals surface area contributed by atoms with Crippen molar-refractivity contribution in [3.05, 3.63) is 35.4 Å². The van der Waals surface area contributed by atoms with Crippen LogP contribution in [0.5, 0.6) is 0 Å². The van der Waals surface area contributed by atoms with Gasteiger partial charge in [0.1, 0.15) is 10.2 Å². The molecular weight excluding hydrogens is 385 g/mol. The van der Waals surface area contributed by atoms with Crippen LogP contribution in [0.4, 0.5) is 13.2 Å². The SMILES string of the molecule is CC1(C2CCN(Cc3ccc(C(F)(F)F)cc3)CC2)CC(Br)=NO1. The van der Waals surface area contributed by atoms with E-state index in [9.17, 15) is 13.2 Å². The number of piperidine rings is 1. The van der Waals surface area contributed by atoms with Gasteiger partial charge in [0, 0.05) is 18.9 Å². The molecule has 0 bridgehead atoms. The van der Waals surface area contributed by atoms with E-state index in [4.69, 9.17) is 4.84 Å². The lowest BCUT2D eigenvalue weighted by Crippen LogP contribution is -2.43. The third-order valence-electron chi connectivity index (χ3n) is 4.99. The maximum Gasteiger partial charge on any atom is 0.416 e. The van der Waals surface area contributed by atoms with Gasteiger partial charge < -0.3 is 4.84 Å². The molecular formula is C17H20BrF3N2O. The molecule has 1 saturated heterocycles. The van der Waals surface area contributed by atoms with Gasteiger partial charge in [0.25, 0.3) is 0 Å². The summed E-state index contributed by atoms with van der Waals surface area (Å²) in [6, 6.07) is 5.46. The Balaban J connectivity index is 1.52. The average Bonchev–Trinajstić information content (AvgIpc) is 2.88. The van der Waals surface area contributed by atoms with Crippen molar-refractivity contribution in [1.29, 1.82) is 0 Å².